The minimum atomic E-state index is -2.50. The summed E-state index contributed by atoms with van der Waals surface area (Å²) in [6.45, 7) is 7.38. The number of benzene rings is 3. The Kier molecular flexibility index (Phi) is 24.4. The zero-order valence-corrected chi connectivity index (χ0v) is 53.5. The molecule has 7 unspecified atom stereocenters. The Morgan fingerprint density at radius 3 is 2.18 bits per heavy atom. The van der Waals surface area contributed by atoms with Gasteiger partial charge in [-0.1, -0.05) is 42.9 Å². The van der Waals surface area contributed by atoms with Crippen LogP contribution in [0.3, 0.4) is 0 Å². The smallest absolute Gasteiger partial charge is 0.691 e. The first-order valence-electron chi connectivity index (χ1n) is 29.1. The van der Waals surface area contributed by atoms with E-state index < -0.39 is 177 Å². The molecule has 31 nitrogen and oxygen atoms in total. The zero-order chi connectivity index (χ0) is 65.4. The molecule has 4 aliphatic rings. The summed E-state index contributed by atoms with van der Waals surface area (Å²) in [5.41, 5.74) is 1.63. The summed E-state index contributed by atoms with van der Waals surface area (Å²) < 4.78 is 16.9. The summed E-state index contributed by atoms with van der Waals surface area (Å²) in [6.07, 6.45) is -7.29. The van der Waals surface area contributed by atoms with E-state index in [9.17, 15) is 79.7 Å². The Morgan fingerprint density at radius 1 is 0.837 bits per heavy atom. The Labute approximate surface area is 555 Å². The summed E-state index contributed by atoms with van der Waals surface area (Å²) in [5.74, 6) is -9.70. The van der Waals surface area contributed by atoms with Gasteiger partial charge in [0.05, 0.1) is 42.4 Å². The van der Waals surface area contributed by atoms with Gasteiger partial charge in [0.2, 0.25) is 46.9 Å². The molecule has 7 amide bonds. The van der Waals surface area contributed by atoms with E-state index in [0.29, 0.717) is 16.2 Å². The first kappa shape index (κ1) is 70.8. The number of carbonyl (C=O) groups excluding carboxylic acids is 7. The van der Waals surface area contributed by atoms with Crippen LogP contribution in [0.1, 0.15) is 80.8 Å². The Hall–Kier alpha value is -7.11. The number of imidazole rings is 1. The fourth-order valence-corrected chi connectivity index (χ4v) is 12.5. The number of phenols is 1. The predicted molar refractivity (Wildman–Crippen MR) is 315 cm³/mol. The number of aromatic nitrogens is 3. The molecule has 5 heterocycles. The van der Waals surface area contributed by atoms with Crippen LogP contribution in [0.15, 0.2) is 72.9 Å². The van der Waals surface area contributed by atoms with E-state index in [1.54, 1.807) is 22.8 Å². The van der Waals surface area contributed by atoms with Crippen molar-refractivity contribution in [1.29, 1.82) is 0 Å². The largest absolute Gasteiger partial charge is 1.00 e. The number of aliphatic hydroxyl groups excluding tert-OH is 7. The summed E-state index contributed by atoms with van der Waals surface area (Å²) in [4.78, 5) is 111. The van der Waals surface area contributed by atoms with Gasteiger partial charge in [0.15, 0.2) is 17.6 Å². The van der Waals surface area contributed by atoms with Gasteiger partial charge in [-0.25, -0.2) is 16.1 Å². The number of phenolic OH excluding ortho intramolecular Hbond substituents is 1. The summed E-state index contributed by atoms with van der Waals surface area (Å²) in [6, 6.07) is 4.67. The third-order valence-electron chi connectivity index (χ3n) is 16.3. The molecule has 13 N–H and O–H groups in total. The molecule has 1 aliphatic carbocycles. The van der Waals surface area contributed by atoms with Crippen molar-refractivity contribution in [3.63, 3.8) is 0 Å². The fourth-order valence-electron chi connectivity index (χ4n) is 11.4. The molecule has 3 saturated heterocycles. The fraction of sp³-hybridized carbons (Fsp3) is 0.483. The van der Waals surface area contributed by atoms with E-state index in [2.05, 4.69) is 40.8 Å². The monoisotopic (exact) mass is 1330 g/mol. The van der Waals surface area contributed by atoms with E-state index in [4.69, 9.17) is 25.6 Å². The quantitative estimate of drug-likeness (QED) is 0.0110. The number of hydrogen-bond donors (Lipinski definition) is 13. The van der Waals surface area contributed by atoms with Crippen molar-refractivity contribution in [2.24, 2.45) is 5.92 Å². The Bertz CT molecular complexity index is 3450. The maximum atomic E-state index is 14.7. The van der Waals surface area contributed by atoms with Crippen molar-refractivity contribution >= 4 is 70.0 Å². The van der Waals surface area contributed by atoms with Crippen LogP contribution in [-0.2, 0) is 38.1 Å². The second kappa shape index (κ2) is 31.7. The number of aromatic hydroxyl groups is 1. The average molecular weight is 1330 g/mol. The number of rotatable bonds is 16. The molecule has 3 aliphatic heterocycles. The molecule has 4 fully saturated rings. The van der Waals surface area contributed by atoms with Crippen LogP contribution in [0.25, 0.3) is 31.6 Å². The summed E-state index contributed by atoms with van der Waals surface area (Å²) in [5, 5.41) is 121. The molecule has 2 aromatic heterocycles. The summed E-state index contributed by atoms with van der Waals surface area (Å²) >= 11 is 1.29. The number of nitrogens with zero attached hydrogens (tertiary/aromatic N) is 6. The number of fused-ring (bicyclic) bond motifs is 3. The molecule has 92 heavy (non-hydrogen) atoms. The van der Waals surface area contributed by atoms with E-state index in [1.807, 2.05) is 24.3 Å². The zero-order valence-electron chi connectivity index (χ0n) is 49.8. The Balaban J connectivity index is 0.0000109. The van der Waals surface area contributed by atoms with Gasteiger partial charge < -0.3 is 96.3 Å². The maximum Gasteiger partial charge on any atom is 1.00 e. The number of hydrogen-bond acceptors (Lipinski definition) is 24. The van der Waals surface area contributed by atoms with Gasteiger partial charge in [-0.05, 0) is 86.7 Å². The van der Waals surface area contributed by atoms with Crippen molar-refractivity contribution in [2.75, 3.05) is 26.2 Å². The standard InChI is InChI=1S/C58H69N11O20S2.Na/c1-27-24-68-46(47(27)75)54(82)60-22-33(71)20-37(61-50(78)30-11-9-29(10-12-30)38-26-69-58(62-38)90-55(66-69)31-13-16-36(17-14-31)86-35-7-5-4-6-8-35)51(79)63-43(28(2)70)56(83)67-25-34(72)21-39(67)52(80)65-45(53(81)64-44(57(68)84)41(74)23-59-3)49(77)48(76)32-15-18-40(73)42(19-32)87-91-89-88-85;/h9-19,26-28,33-35,37,39,41,43-49,70-77,85H,4-8,20-25H2,1-2H3,(H,60,82)(H,61,78)(H,63,79)(H,64,81)(H,65,80);/q;+1/p-1/t27?,28?,33-,34?,37-,39?,41+,43?,44-,45?,46?,47-,48-,49-;/m0./s1. The molecule has 0 radical (unpaired) electrons. The topological polar surface area (TPSA) is 442 Å². The predicted octanol–water partition coefficient (Wildman–Crippen LogP) is -4.93. The van der Waals surface area contributed by atoms with Crippen LogP contribution in [0.5, 0.6) is 17.2 Å². The van der Waals surface area contributed by atoms with Gasteiger partial charge >= 0.3 is 29.6 Å². The number of ether oxygens (including phenoxy) is 1. The minimum Gasteiger partial charge on any atom is -0.691 e. The van der Waals surface area contributed by atoms with Crippen molar-refractivity contribution in [2.45, 2.75) is 144 Å². The van der Waals surface area contributed by atoms with Gasteiger partial charge in [-0.15, -0.1) is 4.33 Å². The normalized spacial score (nSPS) is 26.1. The van der Waals surface area contributed by atoms with Crippen molar-refractivity contribution < 1.29 is 128 Å². The van der Waals surface area contributed by atoms with Crippen LogP contribution in [0.2, 0.25) is 0 Å². The van der Waals surface area contributed by atoms with Crippen LogP contribution < -0.4 is 70.3 Å². The molecule has 0 spiro atoms. The van der Waals surface area contributed by atoms with E-state index >= 15 is 0 Å². The van der Waals surface area contributed by atoms with E-state index in [-0.39, 0.29) is 59.1 Å². The molecule has 14 atom stereocenters. The van der Waals surface area contributed by atoms with Gasteiger partial charge in [0.1, 0.15) is 59.2 Å². The molecular formula is C58H68N11NaO20S2. The minimum absolute atomic E-state index is 0. The number of amides is 7. The average Bonchev–Trinajstić information content (AvgIpc) is 1.62. The molecular weight excluding hydrogens is 1260 g/mol. The number of carbonyl (C=O) groups is 7. The first-order chi connectivity index (χ1) is 43.5. The van der Waals surface area contributed by atoms with Crippen LogP contribution in [0.4, 0.5) is 0 Å². The number of nitrogens with one attached hydrogen (secondary N) is 5. The van der Waals surface area contributed by atoms with Gasteiger partial charge in [0, 0.05) is 55.1 Å². The molecule has 5 aromatic rings. The first-order valence-corrected chi connectivity index (χ1v) is 30.6. The van der Waals surface area contributed by atoms with E-state index in [1.165, 1.54) is 36.8 Å². The van der Waals surface area contributed by atoms with Crippen LogP contribution >= 0.6 is 23.7 Å². The van der Waals surface area contributed by atoms with Crippen molar-refractivity contribution in [1.82, 2.24) is 51.0 Å². The molecule has 0 bridgehead atoms. The molecule has 34 heteroatoms. The van der Waals surface area contributed by atoms with Crippen LogP contribution in [0, 0.1) is 12.5 Å². The third-order valence-corrected chi connectivity index (χ3v) is 17.6. The SMILES string of the molecule is [C-]#[N+]C[C@@H](O)[C@@H]1NC(=O)C([C@H](O)[C@@H](O)c2ccc(O)c(OSOO[O-])c2)NC(=O)C2CC(O)CN2C(=O)C(C(C)O)NC(=O)[C@@H](NC(=O)c2ccc(-c3cn4nc(-c5ccc(OC6CCCCC6)cc5)sc4n3)cc2)C[C@H](O)CNC(=O)C2[C@@H](O)C(C)CN2C1=O.[Na+]. The summed E-state index contributed by atoms with van der Waals surface area (Å²) in [7, 11) is 0. The van der Waals surface area contributed by atoms with Gasteiger partial charge in [-0.3, -0.25) is 38.6 Å². The van der Waals surface area contributed by atoms with Crippen molar-refractivity contribution in [3.05, 3.63) is 95.5 Å². The molecule has 488 valence electrons. The molecule has 9 rings (SSSR count). The van der Waals surface area contributed by atoms with Gasteiger partial charge in [0.25, 0.3) is 18.2 Å². The Morgan fingerprint density at radius 2 is 1.51 bits per heavy atom. The third kappa shape index (κ3) is 16.6. The van der Waals surface area contributed by atoms with Gasteiger partial charge in [-0.2, -0.15) is 5.10 Å². The molecule has 1 saturated carbocycles. The number of aliphatic hydroxyl groups is 7. The van der Waals surface area contributed by atoms with Crippen LogP contribution in [-0.4, -0.2) is 212 Å². The van der Waals surface area contributed by atoms with E-state index in [0.717, 1.165) is 76.9 Å². The second-order valence-corrected chi connectivity index (χ2v) is 24.2. The van der Waals surface area contributed by atoms with Crippen molar-refractivity contribution in [3.8, 4) is 39.1 Å². The maximum absolute atomic E-state index is 14.7. The number of β-amino-alcohol motifs (C(OH)–C–C–N with tert-alkyl or cyclic N) is 1. The second-order valence-electron chi connectivity index (χ2n) is 22.8. The molecule has 3 aromatic carbocycles.